The summed E-state index contributed by atoms with van der Waals surface area (Å²) in [6.07, 6.45) is 0. The Balaban J connectivity index is 2.20. The highest BCUT2D eigenvalue weighted by Crippen LogP contribution is 2.29. The van der Waals surface area contributed by atoms with Gasteiger partial charge in [0.2, 0.25) is 0 Å². The molecule has 6 heteroatoms. The summed E-state index contributed by atoms with van der Waals surface area (Å²) >= 11 is 1.46. The number of thioether (sulfide) groups is 1. The molecule has 5 nitrogen and oxygen atoms in total. The highest BCUT2D eigenvalue weighted by Gasteiger charge is 2.41. The van der Waals surface area contributed by atoms with Crippen molar-refractivity contribution in [3.63, 3.8) is 0 Å². The Labute approximate surface area is 121 Å². The molecule has 20 heavy (non-hydrogen) atoms. The number of hydrogen-bond donors (Lipinski definition) is 1. The van der Waals surface area contributed by atoms with E-state index >= 15 is 0 Å². The molecule has 0 aromatic heterocycles. The highest BCUT2D eigenvalue weighted by atomic mass is 32.2. The number of aliphatic carboxylic acids is 1. The van der Waals surface area contributed by atoms with Crippen LogP contribution in [0.25, 0.3) is 0 Å². The van der Waals surface area contributed by atoms with Crippen LogP contribution in [0.3, 0.4) is 0 Å². The van der Waals surface area contributed by atoms with E-state index in [0.29, 0.717) is 12.4 Å². The lowest BCUT2D eigenvalue weighted by Crippen LogP contribution is -2.95. The summed E-state index contributed by atoms with van der Waals surface area (Å²) < 4.78 is 5.13. The van der Waals surface area contributed by atoms with Crippen LogP contribution in [-0.4, -0.2) is 35.7 Å². The zero-order valence-corrected chi connectivity index (χ0v) is 12.0. The number of quaternary nitrogens is 1. The van der Waals surface area contributed by atoms with Gasteiger partial charge >= 0.3 is 5.97 Å². The number of carboxylic acids is 1. The molecule has 1 saturated heterocycles. The molecule has 2 N–H and O–H groups in total. The van der Waals surface area contributed by atoms with Crippen molar-refractivity contribution < 1.29 is 24.7 Å². The van der Waals surface area contributed by atoms with E-state index in [0.717, 1.165) is 5.56 Å². The smallest absolute Gasteiger partial charge is 0.320 e. The average molecular weight is 295 g/mol. The molecule has 0 aliphatic carbocycles. The zero-order chi connectivity index (χ0) is 14.5. The van der Waals surface area contributed by atoms with E-state index in [9.17, 15) is 14.7 Å². The molecule has 1 aromatic carbocycles. The second-order valence-corrected chi connectivity index (χ2v) is 5.77. The van der Waals surface area contributed by atoms with Crippen molar-refractivity contribution in [3.05, 3.63) is 35.9 Å². The second kappa shape index (κ2) is 6.76. The van der Waals surface area contributed by atoms with E-state index in [1.807, 2.05) is 30.3 Å². The summed E-state index contributed by atoms with van der Waals surface area (Å²) in [7, 11) is 0. The number of ether oxygens (including phenoxy) is 1. The maximum absolute atomic E-state index is 12.2. The third kappa shape index (κ3) is 3.32. The Bertz CT molecular complexity index is 479. The highest BCUT2D eigenvalue weighted by molar-refractivity contribution is 8.00. The Morgan fingerprint density at radius 3 is 2.70 bits per heavy atom. The minimum absolute atomic E-state index is 0.195. The molecule has 0 radical (unpaired) electrons. The van der Waals surface area contributed by atoms with E-state index in [4.69, 9.17) is 4.74 Å². The predicted molar refractivity (Wildman–Crippen MR) is 72.8 cm³/mol. The number of nitrogens with two attached hydrogens (primary N) is 1. The van der Waals surface area contributed by atoms with Crippen LogP contribution in [0.15, 0.2) is 30.3 Å². The van der Waals surface area contributed by atoms with Crippen molar-refractivity contribution in [2.45, 2.75) is 24.3 Å². The van der Waals surface area contributed by atoms with Gasteiger partial charge in [0, 0.05) is 0 Å². The molecule has 0 unspecified atom stereocenters. The molecule has 0 saturated carbocycles. The fourth-order valence-corrected chi connectivity index (χ4v) is 3.70. The molecule has 1 fully saturated rings. The standard InChI is InChI=1S/C14H17NO4S/c1-2-19-14(18)11(9-6-4-3-5-7-9)12-15-10(8-20-12)13(16)17/h3-7,10-12,15H,2,8H2,1H3,(H,16,17)/t10-,11-,12-/m0/s1. The summed E-state index contributed by atoms with van der Waals surface area (Å²) in [5.74, 6) is -1.43. The summed E-state index contributed by atoms with van der Waals surface area (Å²) in [4.78, 5) is 23.1. The quantitative estimate of drug-likeness (QED) is 0.711. The summed E-state index contributed by atoms with van der Waals surface area (Å²) in [5.41, 5.74) is 0.846. The summed E-state index contributed by atoms with van der Waals surface area (Å²) in [6.45, 7) is 2.07. The van der Waals surface area contributed by atoms with E-state index in [-0.39, 0.29) is 11.3 Å². The molecule has 3 atom stereocenters. The normalized spacial score (nSPS) is 23.2. The molecule has 1 aromatic rings. The number of carbonyl (C=O) groups is 2. The van der Waals surface area contributed by atoms with Gasteiger partial charge in [-0.3, -0.25) is 4.79 Å². The average Bonchev–Trinajstić information content (AvgIpc) is 2.90. The number of esters is 1. The molecule has 0 spiro atoms. The maximum atomic E-state index is 12.2. The van der Waals surface area contributed by atoms with Gasteiger partial charge in [-0.1, -0.05) is 42.1 Å². The summed E-state index contributed by atoms with van der Waals surface area (Å²) in [6, 6.07) is 8.71. The first-order chi connectivity index (χ1) is 9.63. The Hall–Kier alpha value is -1.53. The van der Waals surface area contributed by atoms with Crippen molar-refractivity contribution in [3.8, 4) is 0 Å². The first kappa shape index (κ1) is 14.9. The van der Waals surface area contributed by atoms with Crippen LogP contribution in [0, 0.1) is 0 Å². The van der Waals surface area contributed by atoms with Crippen LogP contribution in [0.1, 0.15) is 18.4 Å². The lowest BCUT2D eigenvalue weighted by molar-refractivity contribution is -0.685. The molecular weight excluding hydrogens is 278 g/mol. The Kier molecular flexibility index (Phi) is 5.03. The molecule has 1 heterocycles. The third-order valence-electron chi connectivity index (χ3n) is 3.22. The van der Waals surface area contributed by atoms with Gasteiger partial charge in [0.1, 0.15) is 17.9 Å². The molecular formula is C14H17NO4S. The van der Waals surface area contributed by atoms with Gasteiger partial charge in [0.25, 0.3) is 0 Å². The van der Waals surface area contributed by atoms with E-state index in [2.05, 4.69) is 0 Å². The molecule has 1 aliphatic heterocycles. The predicted octanol–water partition coefficient (Wildman–Crippen LogP) is -0.912. The number of carboxylic acid groups (broad SMARTS) is 1. The van der Waals surface area contributed by atoms with Gasteiger partial charge in [0.05, 0.1) is 12.4 Å². The lowest BCUT2D eigenvalue weighted by atomic mass is 9.98. The fraction of sp³-hybridized carbons (Fsp3) is 0.429. The van der Waals surface area contributed by atoms with Crippen molar-refractivity contribution in [1.29, 1.82) is 0 Å². The van der Waals surface area contributed by atoms with E-state index < -0.39 is 17.9 Å². The van der Waals surface area contributed by atoms with Crippen LogP contribution in [0.2, 0.25) is 0 Å². The minimum Gasteiger partial charge on any atom is -0.544 e. The minimum atomic E-state index is -1.09. The lowest BCUT2D eigenvalue weighted by Gasteiger charge is -2.20. The molecule has 0 amide bonds. The fourth-order valence-electron chi connectivity index (χ4n) is 2.26. The monoisotopic (exact) mass is 295 g/mol. The van der Waals surface area contributed by atoms with Gasteiger partial charge in [-0.15, -0.1) is 0 Å². The first-order valence-corrected chi connectivity index (χ1v) is 7.57. The van der Waals surface area contributed by atoms with Crippen LogP contribution in [0.4, 0.5) is 0 Å². The molecule has 0 bridgehead atoms. The van der Waals surface area contributed by atoms with Crippen LogP contribution >= 0.6 is 11.8 Å². The van der Waals surface area contributed by atoms with Crippen molar-refractivity contribution in [1.82, 2.24) is 0 Å². The molecule has 108 valence electrons. The summed E-state index contributed by atoms with van der Waals surface area (Å²) in [5, 5.41) is 12.4. The second-order valence-electron chi connectivity index (χ2n) is 4.56. The van der Waals surface area contributed by atoms with Crippen molar-refractivity contribution >= 4 is 23.7 Å². The van der Waals surface area contributed by atoms with Crippen LogP contribution < -0.4 is 10.4 Å². The Morgan fingerprint density at radius 1 is 1.45 bits per heavy atom. The van der Waals surface area contributed by atoms with Gasteiger partial charge in [-0.25, -0.2) is 0 Å². The SMILES string of the molecule is CCOC(=O)[C@@H](c1ccccc1)[C@H]1[NH2+][C@H](C(=O)[O-])CS1. The van der Waals surface area contributed by atoms with Crippen molar-refractivity contribution in [2.24, 2.45) is 0 Å². The van der Waals surface area contributed by atoms with E-state index in [1.165, 1.54) is 11.8 Å². The van der Waals surface area contributed by atoms with Gasteiger partial charge < -0.3 is 20.0 Å². The van der Waals surface area contributed by atoms with Gasteiger partial charge in [-0.2, -0.15) is 0 Å². The van der Waals surface area contributed by atoms with Gasteiger partial charge in [0.15, 0.2) is 5.37 Å². The topological polar surface area (TPSA) is 83.0 Å². The molecule has 2 rings (SSSR count). The zero-order valence-electron chi connectivity index (χ0n) is 11.2. The third-order valence-corrected chi connectivity index (χ3v) is 4.59. The number of benzene rings is 1. The Morgan fingerprint density at radius 2 is 2.15 bits per heavy atom. The van der Waals surface area contributed by atoms with E-state index in [1.54, 1.807) is 12.2 Å². The number of hydrogen-bond acceptors (Lipinski definition) is 5. The molecule has 1 aliphatic rings. The maximum Gasteiger partial charge on any atom is 0.320 e. The first-order valence-electron chi connectivity index (χ1n) is 6.52. The van der Waals surface area contributed by atoms with Crippen LogP contribution in [-0.2, 0) is 14.3 Å². The number of carbonyl (C=O) groups excluding carboxylic acids is 2. The van der Waals surface area contributed by atoms with Crippen molar-refractivity contribution in [2.75, 3.05) is 12.4 Å². The van der Waals surface area contributed by atoms with Gasteiger partial charge in [-0.05, 0) is 12.5 Å². The number of rotatable bonds is 5. The van der Waals surface area contributed by atoms with Crippen LogP contribution in [0.5, 0.6) is 0 Å². The largest absolute Gasteiger partial charge is 0.544 e.